The maximum Gasteiger partial charge on any atom is 0.153 e. The first kappa shape index (κ1) is 8.94. The van der Waals surface area contributed by atoms with Crippen molar-refractivity contribution in [2.45, 2.75) is 13.0 Å². The van der Waals surface area contributed by atoms with Crippen molar-refractivity contribution in [2.24, 2.45) is 0 Å². The zero-order valence-corrected chi connectivity index (χ0v) is 7.07. The van der Waals surface area contributed by atoms with Crippen molar-refractivity contribution in [3.8, 4) is 0 Å². The minimum Gasteiger partial charge on any atom is -0.366 e. The van der Waals surface area contributed by atoms with Crippen molar-refractivity contribution in [1.29, 1.82) is 0 Å². The number of carbonyl (C=O) groups is 1. The first-order valence-electron chi connectivity index (χ1n) is 4.00. The summed E-state index contributed by atoms with van der Waals surface area (Å²) in [5, 5.41) is 0. The van der Waals surface area contributed by atoms with Gasteiger partial charge in [-0.3, -0.25) is 0 Å². The minimum absolute atomic E-state index is 0.406. The third-order valence-electron chi connectivity index (χ3n) is 1.60. The third-order valence-corrected chi connectivity index (χ3v) is 1.60. The Kier molecular flexibility index (Phi) is 3.48. The molecule has 0 heterocycles. The molecule has 0 saturated heterocycles. The van der Waals surface area contributed by atoms with Crippen LogP contribution >= 0.6 is 0 Å². The van der Waals surface area contributed by atoms with Crippen LogP contribution in [0, 0.1) is 0 Å². The Morgan fingerprint density at radius 1 is 1.42 bits per heavy atom. The highest BCUT2D eigenvalue weighted by molar-refractivity contribution is 5.59. The van der Waals surface area contributed by atoms with Crippen molar-refractivity contribution in [1.82, 2.24) is 0 Å². The van der Waals surface area contributed by atoms with Gasteiger partial charge in [0.05, 0.1) is 0 Å². The van der Waals surface area contributed by atoms with Crippen LogP contribution in [0.2, 0.25) is 0 Å². The molecule has 0 aliphatic rings. The lowest BCUT2D eigenvalue weighted by atomic mass is 10.1. The number of hydrogen-bond acceptors (Lipinski definition) is 2. The van der Waals surface area contributed by atoms with Gasteiger partial charge in [0.15, 0.2) is 6.29 Å². The molecule has 0 spiro atoms. The van der Waals surface area contributed by atoms with E-state index in [0.717, 1.165) is 11.8 Å². The normalized spacial score (nSPS) is 12.4. The molecule has 0 radical (unpaired) electrons. The minimum atomic E-state index is -0.406. The third kappa shape index (κ3) is 2.17. The summed E-state index contributed by atoms with van der Waals surface area (Å²) >= 11 is 0. The molecule has 2 heteroatoms. The summed E-state index contributed by atoms with van der Waals surface area (Å²) < 4.78 is 5.21. The largest absolute Gasteiger partial charge is 0.366 e. The summed E-state index contributed by atoms with van der Waals surface area (Å²) in [6.45, 7) is 2.43. The average molecular weight is 164 g/mol. The zero-order chi connectivity index (χ0) is 8.81. The summed E-state index contributed by atoms with van der Waals surface area (Å²) in [7, 11) is 0. The van der Waals surface area contributed by atoms with Gasteiger partial charge in [0.25, 0.3) is 0 Å². The van der Waals surface area contributed by atoms with Gasteiger partial charge >= 0.3 is 0 Å². The Balaban J connectivity index is 2.73. The Morgan fingerprint density at radius 3 is 2.58 bits per heavy atom. The van der Waals surface area contributed by atoms with E-state index in [1.165, 1.54) is 0 Å². The van der Waals surface area contributed by atoms with Gasteiger partial charge in [0.1, 0.15) is 6.10 Å². The Morgan fingerprint density at radius 2 is 2.08 bits per heavy atom. The molecule has 12 heavy (non-hydrogen) atoms. The van der Waals surface area contributed by atoms with Crippen molar-refractivity contribution >= 4 is 6.29 Å². The molecular weight excluding hydrogens is 152 g/mol. The zero-order valence-electron chi connectivity index (χ0n) is 7.07. The summed E-state index contributed by atoms with van der Waals surface area (Å²) in [6, 6.07) is 9.47. The number of hydrogen-bond donors (Lipinski definition) is 0. The van der Waals surface area contributed by atoms with E-state index >= 15 is 0 Å². The number of carbonyl (C=O) groups excluding carboxylic acids is 1. The fourth-order valence-electron chi connectivity index (χ4n) is 1.04. The van der Waals surface area contributed by atoms with Gasteiger partial charge in [-0.25, -0.2) is 0 Å². The number of rotatable bonds is 4. The average Bonchev–Trinajstić information content (AvgIpc) is 2.15. The Bertz CT molecular complexity index is 231. The maximum absolute atomic E-state index is 10.6. The summed E-state index contributed by atoms with van der Waals surface area (Å²) in [6.07, 6.45) is 0.412. The van der Waals surface area contributed by atoms with Crippen LogP contribution in [0.1, 0.15) is 18.6 Å². The number of aldehydes is 1. The van der Waals surface area contributed by atoms with Crippen LogP contribution in [0.3, 0.4) is 0 Å². The first-order valence-corrected chi connectivity index (χ1v) is 4.00. The highest BCUT2D eigenvalue weighted by Gasteiger charge is 2.07. The Hall–Kier alpha value is -1.15. The van der Waals surface area contributed by atoms with Gasteiger partial charge in [-0.05, 0) is 12.5 Å². The fourth-order valence-corrected chi connectivity index (χ4v) is 1.04. The smallest absolute Gasteiger partial charge is 0.153 e. The van der Waals surface area contributed by atoms with E-state index in [2.05, 4.69) is 0 Å². The molecule has 0 aliphatic carbocycles. The predicted molar refractivity (Wildman–Crippen MR) is 46.9 cm³/mol. The number of benzene rings is 1. The molecule has 1 aromatic carbocycles. The number of ether oxygens (including phenoxy) is 1. The van der Waals surface area contributed by atoms with E-state index in [9.17, 15) is 4.79 Å². The molecule has 1 aromatic rings. The van der Waals surface area contributed by atoms with Crippen molar-refractivity contribution in [3.63, 3.8) is 0 Å². The van der Waals surface area contributed by atoms with Gasteiger partial charge in [-0.15, -0.1) is 0 Å². The molecule has 0 N–H and O–H groups in total. The van der Waals surface area contributed by atoms with Crippen molar-refractivity contribution in [3.05, 3.63) is 35.9 Å². The second kappa shape index (κ2) is 4.67. The van der Waals surface area contributed by atoms with Gasteiger partial charge < -0.3 is 9.53 Å². The van der Waals surface area contributed by atoms with Crippen LogP contribution in [0.15, 0.2) is 30.3 Å². The van der Waals surface area contributed by atoms with Crippen LogP contribution in [-0.4, -0.2) is 12.9 Å². The molecule has 1 atom stereocenters. The molecule has 64 valence electrons. The second-order valence-electron chi connectivity index (χ2n) is 2.42. The molecule has 0 aromatic heterocycles. The standard InChI is InChI=1S/C10H12O2/c1-2-12-10(8-11)9-6-4-3-5-7-9/h3-8,10H,2H2,1H3. The topological polar surface area (TPSA) is 26.3 Å². The van der Waals surface area contributed by atoms with Crippen LogP contribution in [0.4, 0.5) is 0 Å². The lowest BCUT2D eigenvalue weighted by molar-refractivity contribution is -0.118. The lowest BCUT2D eigenvalue weighted by Gasteiger charge is -2.09. The van der Waals surface area contributed by atoms with Crippen LogP contribution < -0.4 is 0 Å². The first-order chi connectivity index (χ1) is 5.88. The van der Waals surface area contributed by atoms with E-state index in [-0.39, 0.29) is 0 Å². The second-order valence-corrected chi connectivity index (χ2v) is 2.42. The molecule has 0 aliphatic heterocycles. The summed E-state index contributed by atoms with van der Waals surface area (Å²) in [5.41, 5.74) is 0.911. The Labute approximate surface area is 72.2 Å². The van der Waals surface area contributed by atoms with Crippen molar-refractivity contribution in [2.75, 3.05) is 6.61 Å². The highest BCUT2D eigenvalue weighted by Crippen LogP contribution is 2.13. The monoisotopic (exact) mass is 164 g/mol. The van der Waals surface area contributed by atoms with E-state index in [4.69, 9.17) is 4.74 Å². The molecule has 0 saturated carbocycles. The van der Waals surface area contributed by atoms with Crippen LogP contribution in [0.25, 0.3) is 0 Å². The molecule has 0 bridgehead atoms. The van der Waals surface area contributed by atoms with Crippen LogP contribution in [-0.2, 0) is 9.53 Å². The molecular formula is C10H12O2. The molecule has 2 nitrogen and oxygen atoms in total. The fraction of sp³-hybridized carbons (Fsp3) is 0.300. The van der Waals surface area contributed by atoms with Gasteiger partial charge in [0.2, 0.25) is 0 Å². The van der Waals surface area contributed by atoms with Gasteiger partial charge in [-0.2, -0.15) is 0 Å². The maximum atomic E-state index is 10.6. The SMILES string of the molecule is CCOC(C=O)c1ccccc1. The lowest BCUT2D eigenvalue weighted by Crippen LogP contribution is -2.04. The summed E-state index contributed by atoms with van der Waals surface area (Å²) in [5.74, 6) is 0. The van der Waals surface area contributed by atoms with E-state index in [0.29, 0.717) is 6.61 Å². The molecule has 1 rings (SSSR count). The van der Waals surface area contributed by atoms with Gasteiger partial charge in [0, 0.05) is 6.61 Å². The molecule has 0 amide bonds. The summed E-state index contributed by atoms with van der Waals surface area (Å²) in [4.78, 5) is 10.6. The predicted octanol–water partition coefficient (Wildman–Crippen LogP) is 1.96. The van der Waals surface area contributed by atoms with Crippen LogP contribution in [0.5, 0.6) is 0 Å². The van der Waals surface area contributed by atoms with E-state index < -0.39 is 6.10 Å². The van der Waals surface area contributed by atoms with E-state index in [1.54, 1.807) is 0 Å². The molecule has 0 fully saturated rings. The van der Waals surface area contributed by atoms with Gasteiger partial charge in [-0.1, -0.05) is 30.3 Å². The molecule has 1 unspecified atom stereocenters. The quantitative estimate of drug-likeness (QED) is 0.636. The van der Waals surface area contributed by atoms with E-state index in [1.807, 2.05) is 37.3 Å². The highest BCUT2D eigenvalue weighted by atomic mass is 16.5. The van der Waals surface area contributed by atoms with Crippen molar-refractivity contribution < 1.29 is 9.53 Å².